The Labute approximate surface area is 123 Å². The molecule has 0 spiro atoms. The van der Waals surface area contributed by atoms with Crippen LogP contribution in [0.3, 0.4) is 0 Å². The van der Waals surface area contributed by atoms with Crippen molar-refractivity contribution >= 4 is 33.5 Å². The van der Waals surface area contributed by atoms with E-state index in [2.05, 4.69) is 26.2 Å². The van der Waals surface area contributed by atoms with Crippen LogP contribution in [-0.2, 0) is 0 Å². The Morgan fingerprint density at radius 1 is 1.30 bits per heavy atom. The highest BCUT2D eigenvalue weighted by Crippen LogP contribution is 2.19. The van der Waals surface area contributed by atoms with E-state index in [9.17, 15) is 9.59 Å². The fourth-order valence-corrected chi connectivity index (χ4v) is 1.99. The Balaban J connectivity index is 2.28. The lowest BCUT2D eigenvalue weighted by molar-refractivity contribution is 0.0698. The molecule has 0 aliphatic carbocycles. The van der Waals surface area contributed by atoms with Crippen LogP contribution in [0.1, 0.15) is 26.3 Å². The predicted molar refractivity (Wildman–Crippen MR) is 78.0 cm³/mol. The lowest BCUT2D eigenvalue weighted by Crippen LogP contribution is -2.15. The van der Waals surface area contributed by atoms with Crippen molar-refractivity contribution in [3.05, 3.63) is 57.8 Å². The molecule has 1 amide bonds. The van der Waals surface area contributed by atoms with Gasteiger partial charge in [-0.15, -0.1) is 0 Å². The summed E-state index contributed by atoms with van der Waals surface area (Å²) < 4.78 is 0.815. The van der Waals surface area contributed by atoms with Gasteiger partial charge in [0.15, 0.2) is 0 Å². The number of hydrogen-bond acceptors (Lipinski definition) is 3. The molecular weight excluding hydrogens is 324 g/mol. The molecule has 0 saturated heterocycles. The van der Waals surface area contributed by atoms with E-state index in [1.165, 1.54) is 18.5 Å². The third kappa shape index (κ3) is 3.03. The predicted octanol–water partition coefficient (Wildman–Crippen LogP) is 3.10. The lowest BCUT2D eigenvalue weighted by Gasteiger charge is -2.08. The van der Waals surface area contributed by atoms with Crippen molar-refractivity contribution < 1.29 is 14.7 Å². The van der Waals surface area contributed by atoms with Crippen LogP contribution in [0.2, 0.25) is 0 Å². The van der Waals surface area contributed by atoms with Gasteiger partial charge in [0.25, 0.3) is 5.91 Å². The first kappa shape index (κ1) is 14.2. The second-order valence-electron chi connectivity index (χ2n) is 4.14. The maximum atomic E-state index is 12.1. The minimum absolute atomic E-state index is 0.000438. The molecule has 0 aliphatic heterocycles. The van der Waals surface area contributed by atoms with Gasteiger partial charge in [-0.05, 0) is 30.7 Å². The number of halogens is 1. The van der Waals surface area contributed by atoms with Gasteiger partial charge in [-0.3, -0.25) is 9.78 Å². The van der Waals surface area contributed by atoms with Crippen molar-refractivity contribution in [2.45, 2.75) is 6.92 Å². The Bertz CT molecular complexity index is 686. The molecule has 1 aromatic carbocycles. The van der Waals surface area contributed by atoms with Crippen molar-refractivity contribution in [3.63, 3.8) is 0 Å². The van der Waals surface area contributed by atoms with Crippen LogP contribution in [0.25, 0.3) is 0 Å². The Hall–Kier alpha value is -2.21. The molecule has 2 N–H and O–H groups in total. The maximum absolute atomic E-state index is 12.1. The fraction of sp³-hybridized carbons (Fsp3) is 0.0714. The summed E-state index contributed by atoms with van der Waals surface area (Å²) in [5.74, 6) is -1.51. The van der Waals surface area contributed by atoms with Gasteiger partial charge in [0, 0.05) is 16.2 Å². The quantitative estimate of drug-likeness (QED) is 0.903. The molecule has 0 bridgehead atoms. The smallest absolute Gasteiger partial charge is 0.337 e. The van der Waals surface area contributed by atoms with E-state index in [4.69, 9.17) is 5.11 Å². The van der Waals surface area contributed by atoms with E-state index < -0.39 is 5.97 Å². The van der Waals surface area contributed by atoms with Gasteiger partial charge in [0.1, 0.15) is 0 Å². The zero-order chi connectivity index (χ0) is 14.7. The Morgan fingerprint density at radius 2 is 2.05 bits per heavy atom. The highest BCUT2D eigenvalue weighted by atomic mass is 79.9. The number of carbonyl (C=O) groups excluding carboxylic acids is 1. The van der Waals surface area contributed by atoms with Crippen molar-refractivity contribution in [2.75, 3.05) is 5.32 Å². The van der Waals surface area contributed by atoms with E-state index in [1.807, 2.05) is 6.92 Å². The van der Waals surface area contributed by atoms with Gasteiger partial charge in [-0.25, -0.2) is 4.79 Å². The van der Waals surface area contributed by atoms with E-state index in [0.29, 0.717) is 5.56 Å². The molecule has 5 nitrogen and oxygen atoms in total. The summed E-state index contributed by atoms with van der Waals surface area (Å²) in [6, 6.07) is 6.50. The van der Waals surface area contributed by atoms with Crippen LogP contribution in [0.4, 0.5) is 5.69 Å². The average molecular weight is 335 g/mol. The van der Waals surface area contributed by atoms with Gasteiger partial charge in [0.2, 0.25) is 0 Å². The third-order valence-corrected chi connectivity index (χ3v) is 3.59. The van der Waals surface area contributed by atoms with Crippen molar-refractivity contribution in [2.24, 2.45) is 0 Å². The number of aromatic carboxylic acids is 1. The second-order valence-corrected chi connectivity index (χ2v) is 5.00. The normalized spacial score (nSPS) is 10.1. The molecule has 102 valence electrons. The molecule has 0 fully saturated rings. The number of aryl methyl sites for hydroxylation is 1. The largest absolute Gasteiger partial charge is 0.478 e. The summed E-state index contributed by atoms with van der Waals surface area (Å²) in [6.45, 7) is 1.91. The third-order valence-electron chi connectivity index (χ3n) is 2.73. The Kier molecular flexibility index (Phi) is 4.14. The number of carbonyl (C=O) groups is 2. The van der Waals surface area contributed by atoms with Gasteiger partial charge < -0.3 is 10.4 Å². The molecule has 0 atom stereocenters. The molecule has 0 unspecified atom stereocenters. The summed E-state index contributed by atoms with van der Waals surface area (Å²) in [7, 11) is 0. The highest BCUT2D eigenvalue weighted by molar-refractivity contribution is 9.10. The molecular formula is C14H11BrN2O3. The number of aromatic nitrogens is 1. The van der Waals surface area contributed by atoms with Gasteiger partial charge in [-0.1, -0.05) is 22.0 Å². The lowest BCUT2D eigenvalue weighted by atomic mass is 10.1. The summed E-state index contributed by atoms with van der Waals surface area (Å²) in [5, 5.41) is 11.6. The number of nitrogens with zero attached hydrogens (tertiary/aromatic N) is 1. The van der Waals surface area contributed by atoms with Crippen LogP contribution < -0.4 is 5.32 Å². The van der Waals surface area contributed by atoms with Crippen molar-refractivity contribution in [1.82, 2.24) is 4.98 Å². The Morgan fingerprint density at radius 3 is 2.70 bits per heavy atom. The van der Waals surface area contributed by atoms with Crippen LogP contribution in [0, 0.1) is 6.92 Å². The summed E-state index contributed by atoms with van der Waals surface area (Å²) in [4.78, 5) is 27.0. The van der Waals surface area contributed by atoms with Crippen LogP contribution in [0.5, 0.6) is 0 Å². The van der Waals surface area contributed by atoms with E-state index >= 15 is 0 Å². The molecule has 2 rings (SSSR count). The summed E-state index contributed by atoms with van der Waals surface area (Å²) in [5.41, 5.74) is 1.61. The number of nitrogens with one attached hydrogen (secondary N) is 1. The topological polar surface area (TPSA) is 79.3 Å². The molecule has 0 radical (unpaired) electrons. The molecule has 2 aromatic rings. The number of hydrogen-bond donors (Lipinski definition) is 2. The number of pyridine rings is 1. The van der Waals surface area contributed by atoms with Crippen LogP contribution in [0.15, 0.2) is 41.1 Å². The zero-order valence-electron chi connectivity index (χ0n) is 10.6. The average Bonchev–Trinajstić information content (AvgIpc) is 2.42. The summed E-state index contributed by atoms with van der Waals surface area (Å²) >= 11 is 3.35. The number of benzene rings is 1. The van der Waals surface area contributed by atoms with E-state index in [-0.39, 0.29) is 17.2 Å². The van der Waals surface area contributed by atoms with E-state index in [1.54, 1.807) is 18.2 Å². The molecule has 20 heavy (non-hydrogen) atoms. The number of carboxylic acids is 1. The molecule has 1 aromatic heterocycles. The number of anilines is 1. The first-order valence-corrected chi connectivity index (χ1v) is 6.53. The number of rotatable bonds is 3. The minimum atomic E-state index is -1.12. The molecule has 0 aliphatic rings. The van der Waals surface area contributed by atoms with Crippen LogP contribution >= 0.6 is 15.9 Å². The monoisotopic (exact) mass is 334 g/mol. The SMILES string of the molecule is Cc1ccc(C(=O)Nc2cnccc2C(=O)O)cc1Br. The number of amides is 1. The molecule has 0 saturated carbocycles. The number of carboxylic acid groups (broad SMARTS) is 1. The van der Waals surface area contributed by atoms with Gasteiger partial charge in [0.05, 0.1) is 17.4 Å². The van der Waals surface area contributed by atoms with Crippen molar-refractivity contribution in [3.8, 4) is 0 Å². The summed E-state index contributed by atoms with van der Waals surface area (Å²) in [6.07, 6.45) is 2.67. The standard InChI is InChI=1S/C14H11BrN2O3/c1-8-2-3-9(6-11(8)15)13(18)17-12-7-16-5-4-10(12)14(19)20/h2-7H,1H3,(H,17,18)(H,19,20). The maximum Gasteiger partial charge on any atom is 0.337 e. The zero-order valence-corrected chi connectivity index (χ0v) is 12.1. The fourth-order valence-electron chi connectivity index (χ4n) is 1.61. The van der Waals surface area contributed by atoms with E-state index in [0.717, 1.165) is 10.0 Å². The highest BCUT2D eigenvalue weighted by Gasteiger charge is 2.13. The minimum Gasteiger partial charge on any atom is -0.478 e. The van der Waals surface area contributed by atoms with Crippen LogP contribution in [-0.4, -0.2) is 22.0 Å². The second kappa shape index (κ2) is 5.83. The molecule has 1 heterocycles. The van der Waals surface area contributed by atoms with Gasteiger partial charge >= 0.3 is 5.97 Å². The van der Waals surface area contributed by atoms with Gasteiger partial charge in [-0.2, -0.15) is 0 Å². The first-order chi connectivity index (χ1) is 9.49. The van der Waals surface area contributed by atoms with Crippen molar-refractivity contribution in [1.29, 1.82) is 0 Å². The first-order valence-electron chi connectivity index (χ1n) is 5.74. The molecule has 6 heteroatoms.